The van der Waals surface area contributed by atoms with Crippen molar-refractivity contribution in [3.8, 4) is 23.3 Å². The number of halogens is 1. The van der Waals surface area contributed by atoms with E-state index in [0.717, 1.165) is 0 Å². The third-order valence-electron chi connectivity index (χ3n) is 7.03. The first kappa shape index (κ1) is 32.1. The van der Waals surface area contributed by atoms with Gasteiger partial charge in [-0.1, -0.05) is 12.1 Å². The molecule has 0 spiro atoms. The zero-order valence-corrected chi connectivity index (χ0v) is 26.6. The second-order valence-corrected chi connectivity index (χ2v) is 10.0. The van der Waals surface area contributed by atoms with Gasteiger partial charge in [0, 0.05) is 65.1 Å². The summed E-state index contributed by atoms with van der Waals surface area (Å²) in [5.41, 5.74) is 2.56. The van der Waals surface area contributed by atoms with Crippen LogP contribution < -0.4 is 20.1 Å². The number of nitrogens with one attached hydrogen (secondary N) is 2. The number of aromatic nitrogens is 1. The van der Waals surface area contributed by atoms with Crippen LogP contribution in [0, 0.1) is 17.1 Å². The first-order chi connectivity index (χ1) is 21.9. The number of urea groups is 1. The van der Waals surface area contributed by atoms with Gasteiger partial charge in [0.25, 0.3) is 11.8 Å². The van der Waals surface area contributed by atoms with Crippen molar-refractivity contribution in [2.75, 3.05) is 23.8 Å². The molecule has 1 radical (unpaired) electrons. The molecule has 223 valence electrons. The summed E-state index contributed by atoms with van der Waals surface area (Å²) in [7, 11) is 0. The van der Waals surface area contributed by atoms with Crippen LogP contribution in [0.25, 0.3) is 10.9 Å². The van der Waals surface area contributed by atoms with Gasteiger partial charge in [0.1, 0.15) is 29.1 Å². The van der Waals surface area contributed by atoms with Crippen molar-refractivity contribution in [3.63, 3.8) is 0 Å². The van der Waals surface area contributed by atoms with E-state index in [9.17, 15) is 24.0 Å². The van der Waals surface area contributed by atoms with Gasteiger partial charge in [0.05, 0.1) is 28.8 Å². The summed E-state index contributed by atoms with van der Waals surface area (Å²) in [6.45, 7) is 0.359. The van der Waals surface area contributed by atoms with Gasteiger partial charge in [-0.2, -0.15) is 5.26 Å². The van der Waals surface area contributed by atoms with Crippen molar-refractivity contribution in [1.29, 1.82) is 5.26 Å². The number of hydrogen-bond donors (Lipinski definition) is 2. The van der Waals surface area contributed by atoms with E-state index in [1.165, 1.54) is 29.2 Å². The van der Waals surface area contributed by atoms with Crippen LogP contribution in [0.15, 0.2) is 97.2 Å². The smallest absolute Gasteiger partial charge is 0.323 e. The molecule has 2 heterocycles. The van der Waals surface area contributed by atoms with Gasteiger partial charge in [0.15, 0.2) is 0 Å². The Bertz CT molecular complexity index is 1950. The maximum absolute atomic E-state index is 13.1. The molecule has 1 aromatic heterocycles. The third kappa shape index (κ3) is 7.00. The normalized spacial score (nSPS) is 11.8. The predicted molar refractivity (Wildman–Crippen MR) is 170 cm³/mol. The average molecular weight is 625 g/mol. The van der Waals surface area contributed by atoms with E-state index in [1.54, 1.807) is 72.9 Å². The number of carbonyl (C=O) groups is 3. The minimum absolute atomic E-state index is 0. The van der Waals surface area contributed by atoms with Crippen molar-refractivity contribution in [2.24, 2.45) is 0 Å². The molecular formula is C34H24FN5NaO5. The number of hydrogen-bond acceptors (Lipinski definition) is 7. The number of pyridine rings is 1. The topological polar surface area (TPSA) is 134 Å². The Labute approximate surface area is 285 Å². The average Bonchev–Trinajstić information content (AvgIpc) is 3.29. The standard InChI is InChI=1S/C34H24FN5O5.Na/c35-22-6-8-23(9-7-22)38-34(43)39-24-10-12-25(13-11-24)45-30-14-15-37-29-19-31(21(20-36)18-28(29)30)44-17-3-16-40-32(41)26-4-1-2-5-27(26)33(40)42;/h1-2,4-15,18-19H,3,16-17H2,(H2,38,39,43);. The zero-order chi connectivity index (χ0) is 31.3. The van der Waals surface area contributed by atoms with E-state index in [4.69, 9.17) is 9.47 Å². The Hall–Kier alpha value is -5.28. The molecule has 10 nitrogen and oxygen atoms in total. The molecule has 0 aliphatic carbocycles. The third-order valence-corrected chi connectivity index (χ3v) is 7.03. The zero-order valence-electron chi connectivity index (χ0n) is 24.6. The quantitative estimate of drug-likeness (QED) is 0.111. The Morgan fingerprint density at radius 1 is 0.870 bits per heavy atom. The number of nitrogens with zero attached hydrogens (tertiary/aromatic N) is 3. The second kappa shape index (κ2) is 14.2. The number of benzene rings is 4. The van der Waals surface area contributed by atoms with Crippen molar-refractivity contribution < 1.29 is 28.2 Å². The van der Waals surface area contributed by atoms with E-state index in [2.05, 4.69) is 21.7 Å². The molecular weight excluding hydrogens is 600 g/mol. The fourth-order valence-electron chi connectivity index (χ4n) is 4.85. The summed E-state index contributed by atoms with van der Waals surface area (Å²) in [5, 5.41) is 15.7. The van der Waals surface area contributed by atoms with Crippen molar-refractivity contribution >= 4 is 69.7 Å². The van der Waals surface area contributed by atoms with Crippen LogP contribution in [-0.2, 0) is 0 Å². The SMILES string of the molecule is N#Cc1cc2c(Oc3ccc(NC(=O)Nc4ccc(F)cc4)cc3)ccnc2cc1OCCCN1C(=O)c2ccccc2C1=O.[Na]. The number of fused-ring (bicyclic) bond motifs is 2. The molecule has 4 aromatic carbocycles. The monoisotopic (exact) mass is 624 g/mol. The maximum Gasteiger partial charge on any atom is 0.323 e. The predicted octanol–water partition coefficient (Wildman–Crippen LogP) is 6.37. The molecule has 4 amide bonds. The molecule has 0 bridgehead atoms. The summed E-state index contributed by atoms with van der Waals surface area (Å²) < 4.78 is 25.0. The minimum atomic E-state index is -0.485. The van der Waals surface area contributed by atoms with Gasteiger partial charge >= 0.3 is 6.03 Å². The number of rotatable bonds is 9. The number of ether oxygens (including phenoxy) is 2. The molecule has 0 unspecified atom stereocenters. The van der Waals surface area contributed by atoms with Crippen LogP contribution in [0.4, 0.5) is 20.6 Å². The summed E-state index contributed by atoms with van der Waals surface area (Å²) in [6.07, 6.45) is 1.95. The van der Waals surface area contributed by atoms with Crippen molar-refractivity contribution in [1.82, 2.24) is 9.88 Å². The van der Waals surface area contributed by atoms with Gasteiger partial charge < -0.3 is 20.1 Å². The van der Waals surface area contributed by atoms with Crippen molar-refractivity contribution in [3.05, 3.63) is 120 Å². The Balaban J connectivity index is 0.00000417. The molecule has 0 atom stereocenters. The van der Waals surface area contributed by atoms with E-state index >= 15 is 0 Å². The second-order valence-electron chi connectivity index (χ2n) is 10.0. The van der Waals surface area contributed by atoms with Gasteiger partial charge in [-0.25, -0.2) is 9.18 Å². The van der Waals surface area contributed by atoms with Gasteiger partial charge in [-0.3, -0.25) is 19.5 Å². The molecule has 5 aromatic rings. The Kier molecular flexibility index (Phi) is 9.93. The largest absolute Gasteiger partial charge is 0.492 e. The van der Waals surface area contributed by atoms with Gasteiger partial charge in [-0.05, 0) is 79.2 Å². The first-order valence-corrected chi connectivity index (χ1v) is 13.9. The molecule has 0 saturated carbocycles. The van der Waals surface area contributed by atoms with E-state index in [-0.39, 0.29) is 60.1 Å². The Morgan fingerprint density at radius 2 is 1.50 bits per heavy atom. The molecule has 0 fully saturated rings. The summed E-state index contributed by atoms with van der Waals surface area (Å²) in [5.74, 6) is 0.225. The van der Waals surface area contributed by atoms with E-state index in [1.807, 2.05) is 0 Å². The molecule has 1 aliphatic heterocycles. The van der Waals surface area contributed by atoms with Crippen LogP contribution in [0.3, 0.4) is 0 Å². The van der Waals surface area contributed by atoms with Crippen LogP contribution in [0.5, 0.6) is 17.2 Å². The molecule has 0 saturated heterocycles. The molecule has 6 rings (SSSR count). The Morgan fingerprint density at radius 3 is 2.13 bits per heavy atom. The number of imide groups is 1. The van der Waals surface area contributed by atoms with Crippen molar-refractivity contribution in [2.45, 2.75) is 6.42 Å². The molecule has 2 N–H and O–H groups in total. The maximum atomic E-state index is 13.1. The first-order valence-electron chi connectivity index (χ1n) is 13.9. The molecule has 1 aliphatic rings. The van der Waals surface area contributed by atoms with Crippen LogP contribution in [0.1, 0.15) is 32.7 Å². The summed E-state index contributed by atoms with van der Waals surface area (Å²) in [6, 6.07) is 25.4. The fraction of sp³-hybridized carbons (Fsp3) is 0.0882. The minimum Gasteiger partial charge on any atom is -0.492 e. The molecule has 46 heavy (non-hydrogen) atoms. The number of amides is 4. The number of carbonyl (C=O) groups excluding carboxylic acids is 3. The van der Waals surface area contributed by atoms with Crippen LogP contribution in [-0.4, -0.2) is 70.4 Å². The van der Waals surface area contributed by atoms with Crippen LogP contribution in [0.2, 0.25) is 0 Å². The fourth-order valence-corrected chi connectivity index (χ4v) is 4.85. The summed E-state index contributed by atoms with van der Waals surface area (Å²) >= 11 is 0. The summed E-state index contributed by atoms with van der Waals surface area (Å²) in [4.78, 5) is 43.0. The van der Waals surface area contributed by atoms with Gasteiger partial charge in [-0.15, -0.1) is 0 Å². The van der Waals surface area contributed by atoms with E-state index < -0.39 is 11.8 Å². The molecule has 12 heteroatoms. The van der Waals surface area contributed by atoms with Gasteiger partial charge in [0.2, 0.25) is 0 Å². The van der Waals surface area contributed by atoms with E-state index in [0.29, 0.717) is 57.1 Å². The number of anilines is 2. The number of nitriles is 1. The van der Waals surface area contributed by atoms with Crippen LogP contribution >= 0.6 is 0 Å².